The van der Waals surface area contributed by atoms with Crippen LogP contribution in [0.25, 0.3) is 0 Å². The minimum absolute atomic E-state index is 0.0395. The van der Waals surface area contributed by atoms with E-state index < -0.39 is 35.3 Å². The van der Waals surface area contributed by atoms with Gasteiger partial charge >= 0.3 is 5.69 Å². The summed E-state index contributed by atoms with van der Waals surface area (Å²) in [7, 11) is 3.22. The van der Waals surface area contributed by atoms with Crippen molar-refractivity contribution in [1.82, 2.24) is 9.55 Å². The monoisotopic (exact) mass is 675 g/mol. The predicted octanol–water partition coefficient (Wildman–Crippen LogP) is 4.86. The molecule has 4 atom stereocenters. The van der Waals surface area contributed by atoms with Gasteiger partial charge in [-0.3, -0.25) is 9.36 Å². The molecule has 4 aromatic carbocycles. The summed E-state index contributed by atoms with van der Waals surface area (Å²) < 4.78 is 31.9. The first kappa shape index (κ1) is 33.2. The third kappa shape index (κ3) is 5.84. The van der Waals surface area contributed by atoms with Crippen LogP contribution in [0.4, 0.5) is 5.82 Å². The third-order valence-corrected chi connectivity index (χ3v) is 9.39. The minimum atomic E-state index is -1.32. The molecule has 0 radical (unpaired) electrons. The quantitative estimate of drug-likeness (QED) is 0.189. The molecule has 2 N–H and O–H groups in total. The van der Waals surface area contributed by atoms with Crippen LogP contribution in [-0.2, 0) is 19.8 Å². The minimum Gasteiger partial charge on any atom is -0.497 e. The van der Waals surface area contributed by atoms with Crippen molar-refractivity contribution in [1.29, 1.82) is 0 Å². The predicted molar refractivity (Wildman–Crippen MR) is 184 cm³/mol. The Bertz CT molecular complexity index is 1970. The number of benzene rings is 4. The number of carbonyl (C=O) groups is 1. The number of nitrogens with zero attached hydrogens (tertiary/aromatic N) is 2. The molecule has 3 heterocycles. The molecule has 2 fully saturated rings. The van der Waals surface area contributed by atoms with Gasteiger partial charge in [0.05, 0.1) is 27.4 Å². The maximum atomic E-state index is 13.4. The van der Waals surface area contributed by atoms with Crippen molar-refractivity contribution < 1.29 is 33.6 Å². The van der Waals surface area contributed by atoms with Gasteiger partial charge in [-0.2, -0.15) is 4.98 Å². The molecule has 0 saturated carbocycles. The molecule has 1 aromatic heterocycles. The summed E-state index contributed by atoms with van der Waals surface area (Å²) in [6.45, 7) is 1.67. The van der Waals surface area contributed by atoms with E-state index in [9.17, 15) is 14.7 Å². The number of fused-ring (bicyclic) bond motifs is 2. The Kier molecular flexibility index (Phi) is 8.98. The summed E-state index contributed by atoms with van der Waals surface area (Å²) in [4.78, 5) is 30.3. The second-order valence-electron chi connectivity index (χ2n) is 12.4. The van der Waals surface area contributed by atoms with Crippen LogP contribution in [-0.4, -0.2) is 65.8 Å². The highest BCUT2D eigenvalue weighted by Gasteiger charge is 2.63. The molecule has 256 valence electrons. The van der Waals surface area contributed by atoms with Crippen LogP contribution in [0.5, 0.6) is 11.5 Å². The average molecular weight is 676 g/mol. The number of nitrogens with one attached hydrogen (secondary N) is 1. The lowest BCUT2D eigenvalue weighted by Crippen LogP contribution is -2.48. The van der Waals surface area contributed by atoms with Crippen LogP contribution in [0.2, 0.25) is 0 Å². The number of aliphatic hydroxyl groups is 1. The zero-order valence-corrected chi connectivity index (χ0v) is 27.8. The van der Waals surface area contributed by atoms with Crippen LogP contribution in [0.3, 0.4) is 0 Å². The highest BCUT2D eigenvalue weighted by molar-refractivity contribution is 6.04. The highest BCUT2D eigenvalue weighted by atomic mass is 16.7. The number of aromatic nitrogens is 2. The van der Waals surface area contributed by atoms with Crippen molar-refractivity contribution in [2.45, 2.75) is 36.6 Å². The molecular weight excluding hydrogens is 638 g/mol. The Labute approximate surface area is 289 Å². The lowest BCUT2D eigenvalue weighted by Gasteiger charge is -2.39. The Morgan fingerprint density at radius 2 is 1.46 bits per heavy atom. The topological polar surface area (TPSA) is 130 Å². The number of amides is 1. The molecule has 7 rings (SSSR count). The largest absolute Gasteiger partial charge is 0.497 e. The van der Waals surface area contributed by atoms with E-state index in [0.717, 1.165) is 16.7 Å². The molecule has 50 heavy (non-hydrogen) atoms. The summed E-state index contributed by atoms with van der Waals surface area (Å²) in [5, 5.41) is 14.4. The van der Waals surface area contributed by atoms with Crippen LogP contribution in [0, 0.1) is 6.92 Å². The van der Waals surface area contributed by atoms with E-state index >= 15 is 0 Å². The van der Waals surface area contributed by atoms with Crippen LogP contribution < -0.4 is 20.5 Å². The van der Waals surface area contributed by atoms with Crippen molar-refractivity contribution in [3.8, 4) is 11.5 Å². The fraction of sp³-hybridized carbons (Fsp3) is 0.256. The zero-order valence-electron chi connectivity index (χ0n) is 27.8. The Balaban J connectivity index is 1.22. The summed E-state index contributed by atoms with van der Waals surface area (Å²) >= 11 is 0. The second kappa shape index (κ2) is 13.5. The lowest BCUT2D eigenvalue weighted by atomic mass is 9.79. The van der Waals surface area contributed by atoms with E-state index in [1.165, 1.54) is 4.57 Å². The second-order valence-corrected chi connectivity index (χ2v) is 12.4. The number of aliphatic hydroxyl groups excluding tert-OH is 1. The first-order chi connectivity index (χ1) is 24.3. The van der Waals surface area contributed by atoms with Gasteiger partial charge in [0.1, 0.15) is 40.7 Å². The summed E-state index contributed by atoms with van der Waals surface area (Å²) in [6, 6.07) is 33.7. The van der Waals surface area contributed by atoms with Gasteiger partial charge in [-0.1, -0.05) is 72.8 Å². The van der Waals surface area contributed by atoms with Gasteiger partial charge < -0.3 is 34.1 Å². The van der Waals surface area contributed by atoms with E-state index in [1.54, 1.807) is 51.6 Å². The van der Waals surface area contributed by atoms with Crippen LogP contribution >= 0.6 is 0 Å². The highest BCUT2D eigenvalue weighted by Crippen LogP contribution is 2.48. The molecule has 5 aromatic rings. The lowest BCUT2D eigenvalue weighted by molar-refractivity contribution is -0.204. The number of anilines is 1. The number of hydrogen-bond donors (Lipinski definition) is 2. The van der Waals surface area contributed by atoms with Crippen molar-refractivity contribution in [2.75, 3.05) is 32.8 Å². The van der Waals surface area contributed by atoms with Gasteiger partial charge in [-0.05, 0) is 60.0 Å². The SMILES string of the molecule is COc1ccc(C(OC[C@@]23COC([C@H](n4cc(C)c(NC(=O)c5ccccc5)nc4=O)O2)[C@H]3O)(c2ccccc2)c2ccc(OC)cc2)cc1. The standard InChI is InChI=1S/C39H37N3O8/c1-25-22-42(37(45)41-34(25)40-35(44)26-10-6-4-7-11-26)36-32-33(43)38(50-36,23-48-32)24-49-39(27-12-8-5-9-13-27,28-14-18-30(46-2)19-15-28)29-16-20-31(47-3)21-17-29/h4-22,32-33,36,43H,23-24H2,1-3H3,(H,40,41,44,45)/t32?,33-,36-,38-/m1/s1. The zero-order chi connectivity index (χ0) is 34.9. The maximum Gasteiger partial charge on any atom is 0.351 e. The summed E-state index contributed by atoms with van der Waals surface area (Å²) in [5.41, 5.74) is 0.285. The average Bonchev–Trinajstić information content (AvgIpc) is 3.62. The number of methoxy groups -OCH3 is 2. The van der Waals surface area contributed by atoms with Crippen molar-refractivity contribution in [3.63, 3.8) is 0 Å². The van der Waals surface area contributed by atoms with Gasteiger partial charge in [0.25, 0.3) is 5.91 Å². The Hall–Kier alpha value is -5.33. The summed E-state index contributed by atoms with van der Waals surface area (Å²) in [5.74, 6) is 1.12. The van der Waals surface area contributed by atoms with Gasteiger partial charge in [0.2, 0.25) is 0 Å². The van der Waals surface area contributed by atoms with Gasteiger partial charge in [-0.25, -0.2) is 4.79 Å². The van der Waals surface area contributed by atoms with E-state index in [0.29, 0.717) is 22.6 Å². The molecule has 11 nitrogen and oxygen atoms in total. The number of ether oxygens (including phenoxy) is 5. The van der Waals surface area contributed by atoms with E-state index in [2.05, 4.69) is 10.3 Å². The molecule has 1 amide bonds. The van der Waals surface area contributed by atoms with Crippen molar-refractivity contribution in [2.24, 2.45) is 0 Å². The molecule has 2 aliphatic heterocycles. The van der Waals surface area contributed by atoms with Crippen LogP contribution in [0.1, 0.15) is 38.8 Å². The number of aryl methyl sites for hydroxylation is 1. The molecule has 0 spiro atoms. The van der Waals surface area contributed by atoms with Gasteiger partial charge in [0, 0.05) is 17.3 Å². The third-order valence-electron chi connectivity index (χ3n) is 9.39. The van der Waals surface area contributed by atoms with E-state index in [1.807, 2.05) is 84.9 Å². The van der Waals surface area contributed by atoms with E-state index in [4.69, 9.17) is 23.7 Å². The van der Waals surface area contributed by atoms with Crippen molar-refractivity contribution >= 4 is 11.7 Å². The smallest absolute Gasteiger partial charge is 0.351 e. The number of rotatable bonds is 11. The molecule has 2 saturated heterocycles. The first-order valence-corrected chi connectivity index (χ1v) is 16.2. The molecule has 2 bridgehead atoms. The fourth-order valence-corrected chi connectivity index (χ4v) is 6.69. The van der Waals surface area contributed by atoms with Gasteiger partial charge in [0.15, 0.2) is 6.23 Å². The molecule has 2 aliphatic rings. The molecular formula is C39H37N3O8. The number of carbonyl (C=O) groups excluding carboxylic acids is 1. The van der Waals surface area contributed by atoms with Crippen molar-refractivity contribution in [3.05, 3.63) is 154 Å². The molecule has 1 unspecified atom stereocenters. The Morgan fingerprint density at radius 1 is 0.900 bits per heavy atom. The normalized spacial score (nSPS) is 21.2. The summed E-state index contributed by atoms with van der Waals surface area (Å²) in [6.07, 6.45) is -1.43. The van der Waals surface area contributed by atoms with Gasteiger partial charge in [-0.15, -0.1) is 0 Å². The molecule has 11 heteroatoms. The Morgan fingerprint density at radius 3 is 2.04 bits per heavy atom. The number of hydrogen-bond acceptors (Lipinski definition) is 9. The maximum absolute atomic E-state index is 13.4. The van der Waals surface area contributed by atoms with E-state index in [-0.39, 0.29) is 24.9 Å². The first-order valence-electron chi connectivity index (χ1n) is 16.2. The molecule has 0 aliphatic carbocycles. The fourth-order valence-electron chi connectivity index (χ4n) is 6.69. The van der Waals surface area contributed by atoms with Crippen LogP contribution in [0.15, 0.2) is 120 Å².